The monoisotopic (exact) mass is 558 g/mol. The molecule has 3 aromatic rings. The van der Waals surface area contributed by atoms with Crippen molar-refractivity contribution in [2.75, 3.05) is 12.3 Å². The van der Waals surface area contributed by atoms with E-state index in [4.69, 9.17) is 24.8 Å². The lowest BCUT2D eigenvalue weighted by Gasteiger charge is -2.19. The van der Waals surface area contributed by atoms with Crippen LogP contribution in [0.3, 0.4) is 0 Å². The van der Waals surface area contributed by atoms with Gasteiger partial charge in [0.25, 0.3) is 0 Å². The third kappa shape index (κ3) is 6.00. The van der Waals surface area contributed by atoms with E-state index in [0.29, 0.717) is 10.9 Å². The van der Waals surface area contributed by atoms with Gasteiger partial charge in [0.05, 0.1) is 23.7 Å². The van der Waals surface area contributed by atoms with E-state index >= 15 is 0 Å². The molecule has 0 saturated carbocycles. The third-order valence-corrected chi connectivity index (χ3v) is 8.32. The van der Waals surface area contributed by atoms with Crippen LogP contribution in [-0.2, 0) is 31.6 Å². The van der Waals surface area contributed by atoms with Crippen molar-refractivity contribution in [2.45, 2.75) is 24.9 Å². The largest absolute Gasteiger partial charge is 0.490 e. The lowest BCUT2D eigenvalue weighted by atomic mass is 10.2. The number of phosphoric acid groups is 3. The average Bonchev–Trinajstić information content (AvgIpc) is 3.42. The van der Waals surface area contributed by atoms with Gasteiger partial charge in [-0.15, -0.1) is 0 Å². The van der Waals surface area contributed by atoms with Crippen LogP contribution in [-0.4, -0.2) is 68.2 Å². The summed E-state index contributed by atoms with van der Waals surface area (Å²) in [4.78, 5) is 48.0. The quantitative estimate of drug-likeness (QED) is 0.189. The topological polar surface area (TPSA) is 285 Å². The summed E-state index contributed by atoms with van der Waals surface area (Å²) in [5, 5.41) is 14.6. The second kappa shape index (κ2) is 9.40. The minimum atomic E-state index is -5.66. The van der Waals surface area contributed by atoms with Crippen LogP contribution < -0.4 is 5.73 Å². The molecule has 0 radical (unpaired) electrons. The number of nitrogens with two attached hydrogens (primary N) is 1. The number of aliphatic hydroxyl groups is 1. The van der Waals surface area contributed by atoms with Crippen LogP contribution in [0.25, 0.3) is 22.4 Å². The Kier molecular flexibility index (Phi) is 6.98. The fraction of sp³-hybridized carbons (Fsp3) is 0.385. The van der Waals surface area contributed by atoms with Crippen LogP contribution in [0.5, 0.6) is 0 Å². The summed E-state index contributed by atoms with van der Waals surface area (Å²) in [6.07, 6.45) is 0.319. The van der Waals surface area contributed by atoms with Crippen LogP contribution in [0.4, 0.5) is 5.82 Å². The number of ether oxygens (including phenoxy) is 1. The molecule has 0 aliphatic carbocycles. The number of fused-ring (bicyclic) bond motifs is 1. The van der Waals surface area contributed by atoms with Crippen molar-refractivity contribution in [1.82, 2.24) is 24.7 Å². The Morgan fingerprint density at radius 3 is 2.51 bits per heavy atom. The number of hydrogen-bond donors (Lipinski definition) is 6. The van der Waals surface area contributed by atoms with Gasteiger partial charge in [-0.25, -0.2) is 23.7 Å². The standard InChI is InChI=1S/C13H17N6O13P3/c14-10-9-7(11-17-5-28-18-11)2-19(12(9)16-4-15-10)13-8(20)1-6(30-13)3-29-34(24,25)32-35(26,27)31-33(21,22)23/h2,4-6,8,13,20H,1,3H2,(H,24,25)(H,26,27)(H2,14,15,16)(H2,21,22,23). The number of nitrogen functional groups attached to an aromatic ring is 1. The Balaban J connectivity index is 1.50. The fourth-order valence-corrected chi connectivity index (χ4v) is 6.38. The molecule has 0 amide bonds. The number of phosphoric ester groups is 1. The van der Waals surface area contributed by atoms with Crippen LogP contribution in [0.1, 0.15) is 12.6 Å². The summed E-state index contributed by atoms with van der Waals surface area (Å²) in [6, 6.07) is 0. The molecule has 0 bridgehead atoms. The molecule has 35 heavy (non-hydrogen) atoms. The Morgan fingerprint density at radius 2 is 1.86 bits per heavy atom. The predicted molar refractivity (Wildman–Crippen MR) is 110 cm³/mol. The molecule has 19 nitrogen and oxygen atoms in total. The van der Waals surface area contributed by atoms with Crippen LogP contribution in [0.2, 0.25) is 0 Å². The van der Waals surface area contributed by atoms with E-state index in [1.807, 2.05) is 0 Å². The summed E-state index contributed by atoms with van der Waals surface area (Å²) in [6.45, 7) is -0.731. The molecule has 5 atom stereocenters. The SMILES string of the molecule is Nc1ncnc2c1c(-c1ncon1)cn2C1OC(COP(=O)(O)OP(=O)(O)OP(=O)(O)O)CC1O. The summed E-state index contributed by atoms with van der Waals surface area (Å²) < 4.78 is 57.7. The predicted octanol–water partition coefficient (Wildman–Crippen LogP) is 0.0552. The number of anilines is 1. The Bertz CT molecular complexity index is 1360. The first-order valence-electron chi connectivity index (χ1n) is 9.24. The molecule has 1 saturated heterocycles. The van der Waals surface area contributed by atoms with Gasteiger partial charge in [0.1, 0.15) is 23.9 Å². The summed E-state index contributed by atoms with van der Waals surface area (Å²) in [7, 11) is -16.5. The number of nitrogens with zero attached hydrogens (tertiary/aromatic N) is 5. The van der Waals surface area contributed by atoms with Gasteiger partial charge < -0.3 is 44.2 Å². The first-order chi connectivity index (χ1) is 16.2. The lowest BCUT2D eigenvalue weighted by Crippen LogP contribution is -2.19. The highest BCUT2D eigenvalue weighted by atomic mass is 31.3. The van der Waals surface area contributed by atoms with Gasteiger partial charge >= 0.3 is 23.5 Å². The minimum absolute atomic E-state index is 0.0882. The van der Waals surface area contributed by atoms with Gasteiger partial charge in [-0.2, -0.15) is 13.6 Å². The van der Waals surface area contributed by atoms with Gasteiger partial charge in [0, 0.05) is 12.6 Å². The van der Waals surface area contributed by atoms with Crippen molar-refractivity contribution in [1.29, 1.82) is 0 Å². The first-order valence-corrected chi connectivity index (χ1v) is 13.8. The maximum absolute atomic E-state index is 11.9. The van der Waals surface area contributed by atoms with Gasteiger partial charge in [-0.05, 0) is 0 Å². The maximum Gasteiger partial charge on any atom is 0.490 e. The Labute approximate surface area is 193 Å². The van der Waals surface area contributed by atoms with Gasteiger partial charge in [-0.3, -0.25) is 4.52 Å². The zero-order valence-corrected chi connectivity index (χ0v) is 19.7. The number of aromatic nitrogens is 5. The van der Waals surface area contributed by atoms with Gasteiger partial charge in [0.2, 0.25) is 12.2 Å². The molecule has 1 aliphatic rings. The van der Waals surface area contributed by atoms with Crippen LogP contribution >= 0.6 is 23.5 Å². The molecule has 0 spiro atoms. The maximum atomic E-state index is 11.9. The molecule has 1 aliphatic heterocycles. The molecule has 22 heteroatoms. The van der Waals surface area contributed by atoms with E-state index in [1.165, 1.54) is 17.1 Å². The van der Waals surface area contributed by atoms with Crippen molar-refractivity contribution in [3.05, 3.63) is 18.9 Å². The van der Waals surface area contributed by atoms with E-state index in [-0.39, 0.29) is 23.7 Å². The zero-order valence-electron chi connectivity index (χ0n) is 17.0. The zero-order chi connectivity index (χ0) is 25.6. The van der Waals surface area contributed by atoms with E-state index in [0.717, 1.165) is 6.39 Å². The number of hydrogen-bond acceptors (Lipinski definition) is 14. The lowest BCUT2D eigenvalue weighted by molar-refractivity contribution is -0.0477. The van der Waals surface area contributed by atoms with Crippen molar-refractivity contribution in [3.8, 4) is 11.4 Å². The van der Waals surface area contributed by atoms with Crippen molar-refractivity contribution >= 4 is 40.3 Å². The molecule has 0 aromatic carbocycles. The highest BCUT2D eigenvalue weighted by molar-refractivity contribution is 7.66. The molecule has 1 fully saturated rings. The molecule has 7 N–H and O–H groups in total. The Morgan fingerprint density at radius 1 is 1.11 bits per heavy atom. The molecule has 4 heterocycles. The molecule has 5 unspecified atom stereocenters. The number of rotatable bonds is 9. The third-order valence-electron chi connectivity index (χ3n) is 4.52. The smallest absolute Gasteiger partial charge is 0.388 e. The van der Waals surface area contributed by atoms with E-state index in [1.54, 1.807) is 0 Å². The van der Waals surface area contributed by atoms with E-state index in [9.17, 15) is 28.6 Å². The molecular formula is C13H17N6O13P3. The Hall–Kier alpha value is -2.11. The van der Waals surface area contributed by atoms with E-state index in [2.05, 4.69) is 33.3 Å². The van der Waals surface area contributed by atoms with Crippen LogP contribution in [0, 0.1) is 0 Å². The van der Waals surface area contributed by atoms with Crippen LogP contribution in [0.15, 0.2) is 23.4 Å². The first kappa shape index (κ1) is 26.0. The second-order valence-corrected chi connectivity index (χ2v) is 11.4. The summed E-state index contributed by atoms with van der Waals surface area (Å²) in [5.74, 6) is 0.247. The molecular weight excluding hydrogens is 541 g/mol. The fourth-order valence-electron chi connectivity index (χ4n) is 3.33. The highest BCUT2D eigenvalue weighted by Gasteiger charge is 2.43. The van der Waals surface area contributed by atoms with Crippen molar-refractivity contribution < 1.29 is 60.8 Å². The number of aliphatic hydroxyl groups excluding tert-OH is 1. The molecule has 3 aromatic heterocycles. The second-order valence-electron chi connectivity index (χ2n) is 7.00. The highest BCUT2D eigenvalue weighted by Crippen LogP contribution is 2.66. The normalized spacial score (nSPS) is 24.4. The van der Waals surface area contributed by atoms with Crippen molar-refractivity contribution in [2.24, 2.45) is 0 Å². The molecule has 4 rings (SSSR count). The van der Waals surface area contributed by atoms with Gasteiger partial charge in [-0.1, -0.05) is 5.16 Å². The van der Waals surface area contributed by atoms with Gasteiger partial charge in [0.15, 0.2) is 6.23 Å². The molecule has 192 valence electrons. The minimum Gasteiger partial charge on any atom is -0.388 e. The van der Waals surface area contributed by atoms with Crippen molar-refractivity contribution in [3.63, 3.8) is 0 Å². The van der Waals surface area contributed by atoms with E-state index < -0.39 is 48.5 Å². The average molecular weight is 558 g/mol. The summed E-state index contributed by atoms with van der Waals surface area (Å²) >= 11 is 0. The summed E-state index contributed by atoms with van der Waals surface area (Å²) in [5.41, 5.74) is 6.59.